The average Bonchev–Trinajstić information content (AvgIpc) is 2.14. The van der Waals surface area contributed by atoms with Crippen molar-refractivity contribution in [2.45, 2.75) is 32.6 Å². The molecule has 0 aliphatic carbocycles. The van der Waals surface area contributed by atoms with Crippen LogP contribution in [0, 0.1) is 12.8 Å². The Kier molecular flexibility index (Phi) is 4.82. The molecule has 1 N–H and O–H groups in total. The van der Waals surface area contributed by atoms with Gasteiger partial charge in [0.15, 0.2) is 0 Å². The van der Waals surface area contributed by atoms with E-state index >= 15 is 0 Å². The summed E-state index contributed by atoms with van der Waals surface area (Å²) >= 11 is 6.16. The highest BCUT2D eigenvalue weighted by Gasteiger charge is 2.07. The maximum absolute atomic E-state index is 6.16. The lowest BCUT2D eigenvalue weighted by molar-refractivity contribution is 0.572. The topological polar surface area (TPSA) is 37.8 Å². The molecule has 0 radical (unpaired) electrons. The lowest BCUT2D eigenvalue weighted by Gasteiger charge is -2.13. The molecule has 1 atom stereocenters. The molecule has 0 saturated carbocycles. The molecule has 0 bridgehead atoms. The Morgan fingerprint density at radius 2 is 2.20 bits per heavy atom. The second kappa shape index (κ2) is 5.91. The molecule has 0 aliphatic rings. The zero-order valence-corrected chi connectivity index (χ0v) is 10.3. The standard InChI is InChI=1S/C11H18ClN3/c1-8(2)6-10(12)7-14-11-4-5-13-9(3)15-11/h4-5,8,10H,6-7H2,1-3H3,(H,13,14,15). The molecule has 0 aromatic carbocycles. The number of aromatic nitrogens is 2. The average molecular weight is 228 g/mol. The van der Waals surface area contributed by atoms with Crippen LogP contribution in [0.25, 0.3) is 0 Å². The number of nitrogens with zero attached hydrogens (tertiary/aromatic N) is 2. The van der Waals surface area contributed by atoms with Crippen LogP contribution in [0.2, 0.25) is 0 Å². The predicted octanol–water partition coefficient (Wildman–Crippen LogP) is 2.85. The lowest BCUT2D eigenvalue weighted by Crippen LogP contribution is -2.17. The third-order valence-corrected chi connectivity index (χ3v) is 2.34. The minimum Gasteiger partial charge on any atom is -0.368 e. The van der Waals surface area contributed by atoms with E-state index in [1.807, 2.05) is 13.0 Å². The van der Waals surface area contributed by atoms with Gasteiger partial charge in [0.25, 0.3) is 0 Å². The van der Waals surface area contributed by atoms with E-state index in [1.165, 1.54) is 0 Å². The number of nitrogens with one attached hydrogen (secondary N) is 1. The summed E-state index contributed by atoms with van der Waals surface area (Å²) in [7, 11) is 0. The second-order valence-corrected chi connectivity index (χ2v) is 4.71. The van der Waals surface area contributed by atoms with Crippen LogP contribution in [0.5, 0.6) is 0 Å². The normalized spacial score (nSPS) is 12.9. The van der Waals surface area contributed by atoms with Gasteiger partial charge in [-0.15, -0.1) is 11.6 Å². The molecule has 1 unspecified atom stereocenters. The highest BCUT2D eigenvalue weighted by Crippen LogP contribution is 2.11. The summed E-state index contributed by atoms with van der Waals surface area (Å²) in [4.78, 5) is 8.27. The van der Waals surface area contributed by atoms with Crippen molar-refractivity contribution in [2.24, 2.45) is 5.92 Å². The van der Waals surface area contributed by atoms with Gasteiger partial charge in [-0.3, -0.25) is 0 Å². The van der Waals surface area contributed by atoms with Crippen LogP contribution in [0.3, 0.4) is 0 Å². The summed E-state index contributed by atoms with van der Waals surface area (Å²) in [6.45, 7) is 6.96. The van der Waals surface area contributed by atoms with Gasteiger partial charge in [0.05, 0.1) is 5.38 Å². The smallest absolute Gasteiger partial charge is 0.129 e. The molecule has 84 valence electrons. The second-order valence-electron chi connectivity index (χ2n) is 4.10. The maximum Gasteiger partial charge on any atom is 0.129 e. The molecule has 0 aliphatic heterocycles. The van der Waals surface area contributed by atoms with Crippen LogP contribution < -0.4 is 5.32 Å². The molecule has 0 saturated heterocycles. The summed E-state index contributed by atoms with van der Waals surface area (Å²) in [6.07, 6.45) is 2.76. The molecule has 0 amide bonds. The first-order valence-electron chi connectivity index (χ1n) is 5.25. The molecular weight excluding hydrogens is 210 g/mol. The summed E-state index contributed by atoms with van der Waals surface area (Å²) in [5.41, 5.74) is 0. The highest BCUT2D eigenvalue weighted by atomic mass is 35.5. The third-order valence-electron chi connectivity index (χ3n) is 2.01. The first kappa shape index (κ1) is 12.2. The van der Waals surface area contributed by atoms with Crippen molar-refractivity contribution < 1.29 is 0 Å². The summed E-state index contributed by atoms with van der Waals surface area (Å²) in [6, 6.07) is 1.85. The minimum atomic E-state index is 0.153. The Morgan fingerprint density at radius 1 is 1.47 bits per heavy atom. The Bertz CT molecular complexity index is 302. The number of anilines is 1. The molecule has 1 heterocycles. The van der Waals surface area contributed by atoms with Gasteiger partial charge in [0, 0.05) is 12.7 Å². The van der Waals surface area contributed by atoms with Crippen molar-refractivity contribution in [3.63, 3.8) is 0 Å². The summed E-state index contributed by atoms with van der Waals surface area (Å²) < 4.78 is 0. The predicted molar refractivity (Wildman–Crippen MR) is 64.4 cm³/mol. The van der Waals surface area contributed by atoms with E-state index in [0.29, 0.717) is 5.92 Å². The lowest BCUT2D eigenvalue weighted by atomic mass is 10.1. The maximum atomic E-state index is 6.16. The Labute approximate surface area is 96.3 Å². The van der Waals surface area contributed by atoms with Gasteiger partial charge in [-0.05, 0) is 25.3 Å². The van der Waals surface area contributed by atoms with Crippen molar-refractivity contribution in [1.29, 1.82) is 0 Å². The number of aryl methyl sites for hydroxylation is 1. The number of alkyl halides is 1. The van der Waals surface area contributed by atoms with Crippen LogP contribution in [-0.4, -0.2) is 21.9 Å². The van der Waals surface area contributed by atoms with E-state index in [-0.39, 0.29) is 5.38 Å². The Morgan fingerprint density at radius 3 is 2.80 bits per heavy atom. The fourth-order valence-corrected chi connectivity index (χ4v) is 1.80. The van der Waals surface area contributed by atoms with Crippen LogP contribution in [0.15, 0.2) is 12.3 Å². The monoisotopic (exact) mass is 227 g/mol. The minimum absolute atomic E-state index is 0.153. The molecule has 4 heteroatoms. The van der Waals surface area contributed by atoms with E-state index in [1.54, 1.807) is 6.20 Å². The quantitative estimate of drug-likeness (QED) is 0.787. The van der Waals surface area contributed by atoms with Crippen LogP contribution in [0.1, 0.15) is 26.1 Å². The number of hydrogen-bond donors (Lipinski definition) is 1. The van der Waals surface area contributed by atoms with Crippen molar-refractivity contribution in [2.75, 3.05) is 11.9 Å². The molecular formula is C11H18ClN3. The first-order valence-corrected chi connectivity index (χ1v) is 5.69. The molecule has 15 heavy (non-hydrogen) atoms. The van der Waals surface area contributed by atoms with E-state index in [2.05, 4.69) is 29.1 Å². The van der Waals surface area contributed by atoms with Gasteiger partial charge in [0.1, 0.15) is 11.6 Å². The fourth-order valence-electron chi connectivity index (χ4n) is 1.36. The zero-order chi connectivity index (χ0) is 11.3. The molecule has 1 aromatic rings. The number of halogens is 1. The zero-order valence-electron chi connectivity index (χ0n) is 9.50. The Hall–Kier alpha value is -0.830. The summed E-state index contributed by atoms with van der Waals surface area (Å²) in [5, 5.41) is 3.36. The van der Waals surface area contributed by atoms with E-state index < -0.39 is 0 Å². The molecule has 3 nitrogen and oxygen atoms in total. The highest BCUT2D eigenvalue weighted by molar-refractivity contribution is 6.20. The van der Waals surface area contributed by atoms with Gasteiger partial charge in [-0.25, -0.2) is 9.97 Å². The van der Waals surface area contributed by atoms with Crippen molar-refractivity contribution in [1.82, 2.24) is 9.97 Å². The van der Waals surface area contributed by atoms with Gasteiger partial charge in [0.2, 0.25) is 0 Å². The first-order chi connectivity index (χ1) is 7.08. The molecule has 0 fully saturated rings. The van der Waals surface area contributed by atoms with Crippen LogP contribution in [-0.2, 0) is 0 Å². The molecule has 1 rings (SSSR count). The SMILES string of the molecule is Cc1nccc(NCC(Cl)CC(C)C)n1. The van der Waals surface area contributed by atoms with Crippen LogP contribution >= 0.6 is 11.6 Å². The molecule has 0 spiro atoms. The fraction of sp³-hybridized carbons (Fsp3) is 0.636. The van der Waals surface area contributed by atoms with Gasteiger partial charge in [-0.1, -0.05) is 13.8 Å². The number of hydrogen-bond acceptors (Lipinski definition) is 3. The van der Waals surface area contributed by atoms with Crippen molar-refractivity contribution >= 4 is 17.4 Å². The largest absolute Gasteiger partial charge is 0.368 e. The van der Waals surface area contributed by atoms with Gasteiger partial charge in [-0.2, -0.15) is 0 Å². The summed E-state index contributed by atoms with van der Waals surface area (Å²) in [5.74, 6) is 2.24. The molecule has 1 aromatic heterocycles. The van der Waals surface area contributed by atoms with E-state index in [9.17, 15) is 0 Å². The Balaban J connectivity index is 2.36. The van der Waals surface area contributed by atoms with Crippen molar-refractivity contribution in [3.8, 4) is 0 Å². The van der Waals surface area contributed by atoms with Gasteiger partial charge < -0.3 is 5.32 Å². The van der Waals surface area contributed by atoms with Crippen molar-refractivity contribution in [3.05, 3.63) is 18.1 Å². The van der Waals surface area contributed by atoms with E-state index in [4.69, 9.17) is 11.6 Å². The number of rotatable bonds is 5. The van der Waals surface area contributed by atoms with Crippen LogP contribution in [0.4, 0.5) is 5.82 Å². The van der Waals surface area contributed by atoms with E-state index in [0.717, 1.165) is 24.6 Å². The third kappa shape index (κ3) is 4.98. The van der Waals surface area contributed by atoms with Gasteiger partial charge >= 0.3 is 0 Å².